The maximum Gasteiger partial charge on any atom is 0.524 e. The molecule has 2 aromatic rings. The molecule has 0 saturated carbocycles. The number of carbonyl (C=O) groups excluding carboxylic acids is 5. The number of carbonyl (C=O) groups is 9. The van der Waals surface area contributed by atoms with Crippen LogP contribution in [0.5, 0.6) is 17.2 Å². The van der Waals surface area contributed by atoms with Crippen molar-refractivity contribution in [1.29, 1.82) is 0 Å². The highest BCUT2D eigenvalue weighted by molar-refractivity contribution is 7.46. The van der Waals surface area contributed by atoms with Crippen molar-refractivity contribution in [2.45, 2.75) is 95.4 Å². The summed E-state index contributed by atoms with van der Waals surface area (Å²) in [6, 6.07) is 0.199. The lowest BCUT2D eigenvalue weighted by Crippen LogP contribution is -2.60. The average molecular weight is 924 g/mol. The van der Waals surface area contributed by atoms with E-state index in [0.29, 0.717) is 0 Å². The Morgan fingerprint density at radius 1 is 0.641 bits per heavy atom. The van der Waals surface area contributed by atoms with Crippen LogP contribution in [0.1, 0.15) is 69.9 Å². The van der Waals surface area contributed by atoms with Gasteiger partial charge < -0.3 is 61.7 Å². The number of rotatable bonds is 27. The molecule has 0 bridgehead atoms. The quantitative estimate of drug-likeness (QED) is 0.0318. The van der Waals surface area contributed by atoms with Gasteiger partial charge in [-0.15, -0.1) is 0 Å². The largest absolute Gasteiger partial charge is 0.524 e. The molecular weight excluding hydrogens is 873 g/mol. The van der Waals surface area contributed by atoms with Crippen molar-refractivity contribution in [2.24, 2.45) is 5.92 Å². The standard InChI is InChI=1S/C39H50N5O19P/c1-3-20(2)34(38(57)43-26(39(58)59)12-17-33(52)53)44-36(55)25(11-16-32(50)51)41-35(54)24(10-15-31(48)49)42-37(56)27(18-21-4-8-23(9-5-21)63-64(60,61)62)40-30(47)14-7-22-6-13-28(45)29(46)19-22/h4-9,13-14,19-20,24-27,34,45-46H,3,10-12,15-18H2,1-2H3,(H,40,47)(H,41,54)(H,42,56)(H,43,57)(H,44,55)(H,48,49)(H,50,51)(H,52,53)(H,58,59)(H2,60,61,62)/b14-7+/t20?,24-,25+,26+,27-,34-/m1/s1. The van der Waals surface area contributed by atoms with Crippen LogP contribution in [-0.2, 0) is 54.1 Å². The smallest absolute Gasteiger partial charge is 0.504 e. The van der Waals surface area contributed by atoms with Crippen LogP contribution in [0, 0.1) is 5.92 Å². The zero-order valence-corrected chi connectivity index (χ0v) is 35.2. The second kappa shape index (κ2) is 25.2. The molecule has 1 unspecified atom stereocenters. The Bertz CT molecular complexity index is 2110. The number of carboxylic acid groups (broad SMARTS) is 4. The average Bonchev–Trinajstić information content (AvgIpc) is 3.20. The molecule has 0 aromatic heterocycles. The first-order valence-electron chi connectivity index (χ1n) is 19.3. The third kappa shape index (κ3) is 19.3. The van der Waals surface area contributed by atoms with Gasteiger partial charge in [-0.1, -0.05) is 38.5 Å². The van der Waals surface area contributed by atoms with Gasteiger partial charge in [-0.2, -0.15) is 0 Å². The summed E-state index contributed by atoms with van der Waals surface area (Å²) in [5.41, 5.74) is 0.509. The zero-order valence-electron chi connectivity index (χ0n) is 34.3. The molecule has 24 nitrogen and oxygen atoms in total. The van der Waals surface area contributed by atoms with Gasteiger partial charge in [0.05, 0.1) is 0 Å². The van der Waals surface area contributed by atoms with Crippen molar-refractivity contribution < 1.29 is 92.7 Å². The fourth-order valence-electron chi connectivity index (χ4n) is 5.66. The van der Waals surface area contributed by atoms with Crippen LogP contribution >= 0.6 is 7.82 Å². The highest BCUT2D eigenvalue weighted by Crippen LogP contribution is 2.37. The van der Waals surface area contributed by atoms with E-state index in [4.69, 9.17) is 14.9 Å². The van der Waals surface area contributed by atoms with Crippen LogP contribution in [0.3, 0.4) is 0 Å². The van der Waals surface area contributed by atoms with Gasteiger partial charge in [-0.3, -0.25) is 48.1 Å². The van der Waals surface area contributed by atoms with Gasteiger partial charge in [0.15, 0.2) is 11.5 Å². The molecule has 2 rings (SSSR count). The van der Waals surface area contributed by atoms with Crippen molar-refractivity contribution in [1.82, 2.24) is 26.6 Å². The summed E-state index contributed by atoms with van der Waals surface area (Å²) < 4.78 is 15.8. The number of carboxylic acids is 4. The predicted octanol–water partition coefficient (Wildman–Crippen LogP) is -0.0257. The monoisotopic (exact) mass is 923 g/mol. The molecule has 25 heteroatoms. The van der Waals surface area contributed by atoms with E-state index in [2.05, 4.69) is 31.1 Å². The lowest BCUT2D eigenvalue weighted by molar-refractivity contribution is -0.144. The molecule has 0 radical (unpaired) electrons. The van der Waals surface area contributed by atoms with Gasteiger partial charge in [-0.25, -0.2) is 9.36 Å². The molecule has 5 amide bonds. The summed E-state index contributed by atoms with van der Waals surface area (Å²) in [5, 5.41) is 68.3. The van der Waals surface area contributed by atoms with Crippen molar-refractivity contribution >= 4 is 67.3 Å². The number of hydrogen-bond donors (Lipinski definition) is 13. The lowest BCUT2D eigenvalue weighted by Gasteiger charge is -2.28. The van der Waals surface area contributed by atoms with Gasteiger partial charge in [0.1, 0.15) is 36.0 Å². The summed E-state index contributed by atoms with van der Waals surface area (Å²) in [6.07, 6.45) is -1.81. The maximum atomic E-state index is 13.9. The van der Waals surface area contributed by atoms with Gasteiger partial charge in [0.25, 0.3) is 0 Å². The Morgan fingerprint density at radius 2 is 1.12 bits per heavy atom. The Hall–Kier alpha value is -7.04. The molecular formula is C39H50N5O19P. The SMILES string of the molecule is CCC(C)[C@@H](NC(=O)[C@H](CCC(=O)O)NC(=O)[C@@H](CCC(=O)O)NC(=O)[C@@H](Cc1ccc(OP(=O)(O)O)cc1)NC(=O)/C=C/c1ccc(O)c(O)c1)C(=O)N[C@@H](CCC(=O)O)C(=O)O. The lowest BCUT2D eigenvalue weighted by atomic mass is 9.96. The molecule has 0 fully saturated rings. The highest BCUT2D eigenvalue weighted by atomic mass is 31.2. The fraction of sp³-hybridized carbons (Fsp3) is 0.410. The third-order valence-corrected chi connectivity index (χ3v) is 9.71. The first-order chi connectivity index (χ1) is 29.9. The number of amides is 5. The molecule has 0 heterocycles. The van der Waals surface area contributed by atoms with Crippen LogP contribution in [0.4, 0.5) is 0 Å². The van der Waals surface area contributed by atoms with E-state index in [9.17, 15) is 73.2 Å². The van der Waals surface area contributed by atoms with E-state index < -0.39 is 147 Å². The van der Waals surface area contributed by atoms with E-state index in [1.54, 1.807) is 6.92 Å². The summed E-state index contributed by atoms with van der Waals surface area (Å²) >= 11 is 0. The number of phenolic OH excluding ortho intramolecular Hbond substituents is 2. The molecule has 0 saturated heterocycles. The van der Waals surface area contributed by atoms with E-state index in [1.807, 2.05) is 0 Å². The van der Waals surface area contributed by atoms with E-state index in [1.165, 1.54) is 31.2 Å². The second-order valence-electron chi connectivity index (χ2n) is 14.3. The van der Waals surface area contributed by atoms with Crippen molar-refractivity contribution in [2.75, 3.05) is 0 Å². The molecule has 64 heavy (non-hydrogen) atoms. The number of nitrogens with one attached hydrogen (secondary N) is 5. The van der Waals surface area contributed by atoms with Crippen LogP contribution in [0.25, 0.3) is 6.08 Å². The number of aliphatic carboxylic acids is 4. The Balaban J connectivity index is 2.46. The highest BCUT2D eigenvalue weighted by Gasteiger charge is 2.35. The minimum atomic E-state index is -4.95. The molecule has 0 aliphatic heterocycles. The number of phosphoric acid groups is 1. The van der Waals surface area contributed by atoms with Crippen molar-refractivity contribution in [3.8, 4) is 17.2 Å². The van der Waals surface area contributed by atoms with Gasteiger partial charge in [0, 0.05) is 31.8 Å². The van der Waals surface area contributed by atoms with Crippen molar-refractivity contribution in [3.05, 3.63) is 59.7 Å². The first-order valence-corrected chi connectivity index (χ1v) is 20.9. The topological polar surface area (TPSA) is 402 Å². The fourth-order valence-corrected chi connectivity index (χ4v) is 6.06. The molecule has 13 N–H and O–H groups in total. The molecule has 0 aliphatic rings. The molecule has 6 atom stereocenters. The van der Waals surface area contributed by atoms with Gasteiger partial charge >= 0.3 is 31.7 Å². The summed E-state index contributed by atoms with van der Waals surface area (Å²) in [5.74, 6) is -13.1. The molecule has 2 aromatic carbocycles. The Kier molecular flexibility index (Phi) is 20.9. The van der Waals surface area contributed by atoms with Crippen LogP contribution in [-0.4, -0.2) is 124 Å². The van der Waals surface area contributed by atoms with Crippen LogP contribution in [0.2, 0.25) is 0 Å². The summed E-state index contributed by atoms with van der Waals surface area (Å²) in [7, 11) is -4.95. The minimum Gasteiger partial charge on any atom is -0.504 e. The Labute approximate surface area is 364 Å². The van der Waals surface area contributed by atoms with Gasteiger partial charge in [0.2, 0.25) is 29.5 Å². The molecule has 350 valence electrons. The number of hydrogen-bond acceptors (Lipinski definition) is 13. The third-order valence-electron chi connectivity index (χ3n) is 9.26. The number of aromatic hydroxyl groups is 2. The van der Waals surface area contributed by atoms with Crippen LogP contribution in [0.15, 0.2) is 48.5 Å². The predicted molar refractivity (Wildman–Crippen MR) is 219 cm³/mol. The number of phenols is 2. The Morgan fingerprint density at radius 3 is 1.59 bits per heavy atom. The van der Waals surface area contributed by atoms with Crippen LogP contribution < -0.4 is 31.1 Å². The molecule has 0 spiro atoms. The second-order valence-corrected chi connectivity index (χ2v) is 15.4. The van der Waals surface area contributed by atoms with E-state index >= 15 is 0 Å². The number of benzene rings is 2. The van der Waals surface area contributed by atoms with E-state index in [0.717, 1.165) is 30.3 Å². The first kappa shape index (κ1) is 53.1. The summed E-state index contributed by atoms with van der Waals surface area (Å²) in [4.78, 5) is 132. The van der Waals surface area contributed by atoms with E-state index in [-0.39, 0.29) is 29.7 Å². The minimum absolute atomic E-state index is 0.222. The van der Waals surface area contributed by atoms with Crippen molar-refractivity contribution in [3.63, 3.8) is 0 Å². The van der Waals surface area contributed by atoms with Gasteiger partial charge in [-0.05, 0) is 66.6 Å². The number of phosphoric ester groups is 1. The molecule has 0 aliphatic carbocycles. The maximum absolute atomic E-state index is 13.9. The summed E-state index contributed by atoms with van der Waals surface area (Å²) in [6.45, 7) is 3.13. The zero-order chi connectivity index (χ0) is 48.3. The normalized spacial score (nSPS) is 14.1.